The SMILES string of the molecule is C=C(C)C(=O)OCCNC(=O)c1ccc(C(CC(C)(C)C)C(C)(C)C)cc1. The van der Waals surface area contributed by atoms with Crippen LogP contribution >= 0.6 is 0 Å². The predicted molar refractivity (Wildman–Crippen MR) is 111 cm³/mol. The number of nitrogens with one attached hydrogen (secondary N) is 1. The minimum absolute atomic E-state index is 0.132. The fourth-order valence-electron chi connectivity index (χ4n) is 2.94. The van der Waals surface area contributed by atoms with Gasteiger partial charge in [0.2, 0.25) is 0 Å². The molecule has 0 saturated carbocycles. The van der Waals surface area contributed by atoms with Crippen molar-refractivity contribution in [2.24, 2.45) is 10.8 Å². The molecule has 1 atom stereocenters. The molecule has 1 rings (SSSR count). The Morgan fingerprint density at radius 2 is 1.63 bits per heavy atom. The van der Waals surface area contributed by atoms with Crippen LogP contribution in [0.3, 0.4) is 0 Å². The van der Waals surface area contributed by atoms with Crippen LogP contribution in [0.4, 0.5) is 0 Å². The zero-order chi connectivity index (χ0) is 20.8. The molecule has 0 radical (unpaired) electrons. The third-order valence-corrected chi connectivity index (χ3v) is 4.41. The molecule has 0 aliphatic heterocycles. The second-order valence-electron chi connectivity index (χ2n) is 9.48. The first-order valence-electron chi connectivity index (χ1n) is 9.52. The highest BCUT2D eigenvalue weighted by atomic mass is 16.5. The van der Waals surface area contributed by atoms with Gasteiger partial charge in [-0.25, -0.2) is 4.79 Å². The number of hydrogen-bond donors (Lipinski definition) is 1. The van der Waals surface area contributed by atoms with Crippen molar-refractivity contribution in [2.75, 3.05) is 13.2 Å². The minimum Gasteiger partial charge on any atom is -0.460 e. The summed E-state index contributed by atoms with van der Waals surface area (Å²) in [6, 6.07) is 7.84. The van der Waals surface area contributed by atoms with Crippen LogP contribution in [0.15, 0.2) is 36.4 Å². The van der Waals surface area contributed by atoms with Crippen LogP contribution in [0.2, 0.25) is 0 Å². The highest BCUT2D eigenvalue weighted by Crippen LogP contribution is 2.42. The number of carbonyl (C=O) groups is 2. The van der Waals surface area contributed by atoms with Gasteiger partial charge < -0.3 is 10.1 Å². The van der Waals surface area contributed by atoms with Crippen molar-refractivity contribution in [3.63, 3.8) is 0 Å². The molecule has 0 spiro atoms. The molecule has 0 fully saturated rings. The van der Waals surface area contributed by atoms with Crippen LogP contribution in [0.5, 0.6) is 0 Å². The summed E-state index contributed by atoms with van der Waals surface area (Å²) in [7, 11) is 0. The largest absolute Gasteiger partial charge is 0.460 e. The summed E-state index contributed by atoms with van der Waals surface area (Å²) in [5.74, 6) is -0.201. The van der Waals surface area contributed by atoms with E-state index in [2.05, 4.69) is 65.6 Å². The van der Waals surface area contributed by atoms with Crippen molar-refractivity contribution in [1.29, 1.82) is 0 Å². The van der Waals surface area contributed by atoms with E-state index in [4.69, 9.17) is 4.74 Å². The summed E-state index contributed by atoms with van der Waals surface area (Å²) in [5.41, 5.74) is 2.58. The Bertz CT molecular complexity index is 660. The van der Waals surface area contributed by atoms with Gasteiger partial charge in [0.15, 0.2) is 0 Å². The van der Waals surface area contributed by atoms with E-state index < -0.39 is 5.97 Å². The summed E-state index contributed by atoms with van der Waals surface area (Å²) >= 11 is 0. The van der Waals surface area contributed by atoms with E-state index in [1.54, 1.807) is 6.92 Å². The van der Waals surface area contributed by atoms with Crippen molar-refractivity contribution in [2.45, 2.75) is 60.8 Å². The monoisotopic (exact) mass is 373 g/mol. The average Bonchev–Trinajstić information content (AvgIpc) is 2.54. The number of amides is 1. The Labute approximate surface area is 164 Å². The lowest BCUT2D eigenvalue weighted by Crippen LogP contribution is -2.28. The number of ether oxygens (including phenoxy) is 1. The van der Waals surface area contributed by atoms with E-state index in [1.807, 2.05) is 12.1 Å². The van der Waals surface area contributed by atoms with E-state index in [9.17, 15) is 9.59 Å². The lowest BCUT2D eigenvalue weighted by molar-refractivity contribution is -0.138. The summed E-state index contributed by atoms with van der Waals surface area (Å²) in [4.78, 5) is 23.6. The standard InChI is InChI=1S/C23H35NO3/c1-16(2)21(26)27-14-13-24-20(25)18-11-9-17(10-12-18)19(23(6,7)8)15-22(3,4)5/h9-12,19H,1,13-15H2,2-8H3,(H,24,25). The molecule has 0 aromatic heterocycles. The van der Waals surface area contributed by atoms with Crippen molar-refractivity contribution >= 4 is 11.9 Å². The van der Waals surface area contributed by atoms with E-state index in [0.717, 1.165) is 6.42 Å². The number of carbonyl (C=O) groups excluding carboxylic acids is 2. The summed E-state index contributed by atoms with van der Waals surface area (Å²) in [6.45, 7) is 19.1. The van der Waals surface area contributed by atoms with Crippen molar-refractivity contribution in [1.82, 2.24) is 5.32 Å². The first-order chi connectivity index (χ1) is 12.3. The second-order valence-corrected chi connectivity index (χ2v) is 9.48. The van der Waals surface area contributed by atoms with E-state index in [-0.39, 0.29) is 29.9 Å². The summed E-state index contributed by atoms with van der Waals surface area (Å²) < 4.78 is 4.97. The molecule has 4 nitrogen and oxygen atoms in total. The predicted octanol–water partition coefficient (Wildman–Crippen LogP) is 5.10. The highest BCUT2D eigenvalue weighted by Gasteiger charge is 2.30. The lowest BCUT2D eigenvalue weighted by Gasteiger charge is -2.36. The van der Waals surface area contributed by atoms with Gasteiger partial charge in [-0.1, -0.05) is 60.3 Å². The third-order valence-electron chi connectivity index (χ3n) is 4.41. The molecule has 1 N–H and O–H groups in total. The normalized spacial score (nSPS) is 13.0. The van der Waals surface area contributed by atoms with Gasteiger partial charge in [0.25, 0.3) is 5.91 Å². The fourth-order valence-corrected chi connectivity index (χ4v) is 2.94. The minimum atomic E-state index is -0.444. The maximum atomic E-state index is 12.3. The number of esters is 1. The molecule has 150 valence electrons. The molecular formula is C23H35NO3. The zero-order valence-corrected chi connectivity index (χ0v) is 17.9. The zero-order valence-electron chi connectivity index (χ0n) is 17.9. The molecule has 4 heteroatoms. The maximum Gasteiger partial charge on any atom is 0.333 e. The van der Waals surface area contributed by atoms with Crippen LogP contribution in [0, 0.1) is 10.8 Å². The molecular weight excluding hydrogens is 338 g/mol. The molecule has 0 aliphatic rings. The first kappa shape index (κ1) is 22.9. The van der Waals surface area contributed by atoms with E-state index in [0.29, 0.717) is 17.1 Å². The molecule has 1 unspecified atom stereocenters. The Morgan fingerprint density at radius 1 is 1.07 bits per heavy atom. The number of benzene rings is 1. The second kappa shape index (κ2) is 9.20. The van der Waals surface area contributed by atoms with Crippen molar-refractivity contribution in [3.05, 3.63) is 47.5 Å². The smallest absolute Gasteiger partial charge is 0.333 e. The quantitative estimate of drug-likeness (QED) is 0.411. The van der Waals surface area contributed by atoms with Crippen LogP contribution in [-0.2, 0) is 9.53 Å². The summed E-state index contributed by atoms with van der Waals surface area (Å²) in [5, 5.41) is 2.76. The van der Waals surface area contributed by atoms with Crippen LogP contribution in [0.1, 0.15) is 76.7 Å². The first-order valence-corrected chi connectivity index (χ1v) is 9.52. The Balaban J connectivity index is 2.72. The van der Waals surface area contributed by atoms with Gasteiger partial charge in [-0.2, -0.15) is 0 Å². The van der Waals surface area contributed by atoms with Crippen molar-refractivity contribution < 1.29 is 14.3 Å². The van der Waals surface area contributed by atoms with Gasteiger partial charge in [0, 0.05) is 11.1 Å². The van der Waals surface area contributed by atoms with Gasteiger partial charge in [0.05, 0.1) is 6.54 Å². The number of rotatable bonds is 7. The van der Waals surface area contributed by atoms with E-state index >= 15 is 0 Å². The van der Waals surface area contributed by atoms with E-state index in [1.165, 1.54) is 5.56 Å². The Kier molecular flexibility index (Phi) is 7.82. The maximum absolute atomic E-state index is 12.3. The van der Waals surface area contributed by atoms with Crippen molar-refractivity contribution in [3.8, 4) is 0 Å². The molecule has 1 aromatic carbocycles. The molecule has 1 amide bonds. The molecule has 1 aromatic rings. The van der Waals surface area contributed by atoms with Crippen LogP contribution < -0.4 is 5.32 Å². The molecule has 0 saturated heterocycles. The fraction of sp³-hybridized carbons (Fsp3) is 0.565. The topological polar surface area (TPSA) is 55.4 Å². The lowest BCUT2D eigenvalue weighted by atomic mass is 9.69. The molecule has 0 aliphatic carbocycles. The van der Waals surface area contributed by atoms with Gasteiger partial charge in [-0.05, 0) is 47.8 Å². The third kappa shape index (κ3) is 7.98. The van der Waals surface area contributed by atoms with Gasteiger partial charge in [0.1, 0.15) is 6.61 Å². The van der Waals surface area contributed by atoms with Crippen LogP contribution in [-0.4, -0.2) is 25.0 Å². The summed E-state index contributed by atoms with van der Waals surface area (Å²) in [6.07, 6.45) is 1.08. The Morgan fingerprint density at radius 3 is 2.07 bits per heavy atom. The van der Waals surface area contributed by atoms with Gasteiger partial charge in [-0.15, -0.1) is 0 Å². The van der Waals surface area contributed by atoms with Crippen LogP contribution in [0.25, 0.3) is 0 Å². The van der Waals surface area contributed by atoms with Gasteiger partial charge in [-0.3, -0.25) is 4.79 Å². The molecule has 27 heavy (non-hydrogen) atoms. The Hall–Kier alpha value is -2.10. The highest BCUT2D eigenvalue weighted by molar-refractivity contribution is 5.94. The number of hydrogen-bond acceptors (Lipinski definition) is 3. The average molecular weight is 374 g/mol. The molecule has 0 bridgehead atoms. The molecule has 0 heterocycles. The van der Waals surface area contributed by atoms with Gasteiger partial charge >= 0.3 is 5.97 Å².